The maximum atomic E-state index is 12.2. The number of nitrogen functional groups attached to an aromatic ring is 1. The Hall–Kier alpha value is -1.86. The molecule has 0 bridgehead atoms. The molecule has 1 aromatic heterocycles. The predicted octanol–water partition coefficient (Wildman–Crippen LogP) is 0.864. The maximum Gasteiger partial charge on any atom is 0.433 e. The lowest BCUT2D eigenvalue weighted by Crippen LogP contribution is -2.16. The third-order valence-corrected chi connectivity index (χ3v) is 1.40. The number of carbonyl (C=O) groups excluding carboxylic acids is 1. The molecule has 1 rings (SSSR count). The van der Waals surface area contributed by atoms with Crippen molar-refractivity contribution in [3.05, 3.63) is 17.6 Å². The third-order valence-electron chi connectivity index (χ3n) is 1.40. The minimum absolute atomic E-state index is 0.447. The van der Waals surface area contributed by atoms with Crippen molar-refractivity contribution in [3.8, 4) is 0 Å². The van der Waals surface area contributed by atoms with E-state index < -0.39 is 29.5 Å². The summed E-state index contributed by atoms with van der Waals surface area (Å²) in [6.07, 6.45) is -4.68. The molecule has 1 aromatic rings. The summed E-state index contributed by atoms with van der Waals surface area (Å²) in [6.45, 7) is 0. The van der Waals surface area contributed by atoms with E-state index in [-0.39, 0.29) is 0 Å². The van der Waals surface area contributed by atoms with E-state index in [2.05, 4.69) is 14.7 Å². The number of hydrogen-bond donors (Lipinski definition) is 1. The first-order valence-corrected chi connectivity index (χ1v) is 3.64. The second-order valence-electron chi connectivity index (χ2n) is 2.49. The summed E-state index contributed by atoms with van der Waals surface area (Å²) in [5.41, 5.74) is 3.81. The summed E-state index contributed by atoms with van der Waals surface area (Å²) in [7, 11) is 1.00. The molecule has 0 aliphatic rings. The summed E-state index contributed by atoms with van der Waals surface area (Å²) in [6, 6.07) is 0.534. The minimum atomic E-state index is -4.68. The van der Waals surface area contributed by atoms with Crippen molar-refractivity contribution in [1.82, 2.24) is 9.97 Å². The van der Waals surface area contributed by atoms with Crippen molar-refractivity contribution in [3.63, 3.8) is 0 Å². The molecule has 0 spiro atoms. The van der Waals surface area contributed by atoms with Crippen LogP contribution in [0.5, 0.6) is 0 Å². The number of carbonyl (C=O) groups is 1. The molecule has 0 aliphatic carbocycles. The largest absolute Gasteiger partial charge is 0.463 e. The monoisotopic (exact) mass is 221 g/mol. The quantitative estimate of drug-likeness (QED) is 0.711. The van der Waals surface area contributed by atoms with Gasteiger partial charge in [-0.25, -0.2) is 14.8 Å². The lowest BCUT2D eigenvalue weighted by Gasteiger charge is -2.07. The summed E-state index contributed by atoms with van der Waals surface area (Å²) < 4.78 is 40.8. The number of alkyl halides is 3. The fraction of sp³-hybridized carbons (Fsp3) is 0.286. The highest BCUT2D eigenvalue weighted by Crippen LogP contribution is 2.28. The zero-order chi connectivity index (χ0) is 11.6. The van der Waals surface area contributed by atoms with Gasteiger partial charge in [0.1, 0.15) is 5.82 Å². The van der Waals surface area contributed by atoms with Crippen LogP contribution in [0.3, 0.4) is 0 Å². The molecule has 0 amide bonds. The Balaban J connectivity index is 3.23. The number of halogens is 3. The first-order valence-electron chi connectivity index (χ1n) is 3.64. The molecule has 5 nitrogen and oxygen atoms in total. The van der Waals surface area contributed by atoms with Gasteiger partial charge in [-0.2, -0.15) is 13.2 Å². The number of ether oxygens (including phenoxy) is 1. The highest BCUT2D eigenvalue weighted by molar-refractivity contribution is 5.85. The fourth-order valence-corrected chi connectivity index (χ4v) is 0.794. The van der Waals surface area contributed by atoms with Crippen LogP contribution in [-0.2, 0) is 10.9 Å². The molecule has 0 radical (unpaired) electrons. The zero-order valence-electron chi connectivity index (χ0n) is 7.50. The van der Waals surface area contributed by atoms with Gasteiger partial charge < -0.3 is 10.5 Å². The zero-order valence-corrected chi connectivity index (χ0v) is 7.50. The summed E-state index contributed by atoms with van der Waals surface area (Å²) >= 11 is 0. The minimum Gasteiger partial charge on any atom is -0.463 e. The first kappa shape index (κ1) is 11.2. The van der Waals surface area contributed by atoms with Crippen LogP contribution in [0.1, 0.15) is 16.3 Å². The Morgan fingerprint density at radius 1 is 1.47 bits per heavy atom. The Morgan fingerprint density at radius 3 is 2.53 bits per heavy atom. The second kappa shape index (κ2) is 3.71. The van der Waals surface area contributed by atoms with E-state index in [0.717, 1.165) is 7.11 Å². The molecule has 0 atom stereocenters. The van der Waals surface area contributed by atoms with Crippen molar-refractivity contribution in [1.29, 1.82) is 0 Å². The normalized spacial score (nSPS) is 11.2. The van der Waals surface area contributed by atoms with E-state index in [1.807, 2.05) is 0 Å². The van der Waals surface area contributed by atoms with Crippen LogP contribution in [0.15, 0.2) is 6.07 Å². The average molecular weight is 221 g/mol. The van der Waals surface area contributed by atoms with Crippen LogP contribution in [0.4, 0.5) is 19.0 Å². The molecule has 82 valence electrons. The van der Waals surface area contributed by atoms with Crippen LogP contribution in [0, 0.1) is 0 Å². The van der Waals surface area contributed by atoms with E-state index in [0.29, 0.717) is 6.07 Å². The van der Waals surface area contributed by atoms with Crippen LogP contribution < -0.4 is 5.73 Å². The van der Waals surface area contributed by atoms with Crippen molar-refractivity contribution in [2.75, 3.05) is 12.8 Å². The van der Waals surface area contributed by atoms with Gasteiger partial charge >= 0.3 is 12.1 Å². The standard InChI is InChI=1S/C7H6F3N3O2/c1-15-6(14)5-12-3(7(8,9)10)2-4(11)13-5/h2H,1H3,(H2,11,12,13). The summed E-state index contributed by atoms with van der Waals surface area (Å²) in [5.74, 6) is -2.24. The number of anilines is 1. The molecule has 0 unspecified atom stereocenters. The molecule has 15 heavy (non-hydrogen) atoms. The Kier molecular flexibility index (Phi) is 2.78. The van der Waals surface area contributed by atoms with E-state index in [4.69, 9.17) is 5.73 Å². The predicted molar refractivity (Wildman–Crippen MR) is 42.8 cm³/mol. The Bertz CT molecular complexity index is 392. The van der Waals surface area contributed by atoms with Crippen molar-refractivity contribution >= 4 is 11.8 Å². The van der Waals surface area contributed by atoms with Crippen LogP contribution in [-0.4, -0.2) is 23.0 Å². The summed E-state index contributed by atoms with van der Waals surface area (Å²) in [4.78, 5) is 17.2. The smallest absolute Gasteiger partial charge is 0.433 e. The molecule has 8 heteroatoms. The lowest BCUT2D eigenvalue weighted by atomic mass is 10.3. The van der Waals surface area contributed by atoms with Gasteiger partial charge in [0.2, 0.25) is 5.82 Å². The van der Waals surface area contributed by atoms with Gasteiger partial charge in [0.15, 0.2) is 5.69 Å². The van der Waals surface area contributed by atoms with Crippen molar-refractivity contribution in [2.45, 2.75) is 6.18 Å². The van der Waals surface area contributed by atoms with Crippen LogP contribution in [0.2, 0.25) is 0 Å². The van der Waals surface area contributed by atoms with Gasteiger partial charge in [-0.3, -0.25) is 0 Å². The van der Waals surface area contributed by atoms with Gasteiger partial charge in [-0.05, 0) is 0 Å². The lowest BCUT2D eigenvalue weighted by molar-refractivity contribution is -0.141. The van der Waals surface area contributed by atoms with E-state index >= 15 is 0 Å². The maximum absolute atomic E-state index is 12.2. The highest BCUT2D eigenvalue weighted by Gasteiger charge is 2.34. The number of nitrogens with two attached hydrogens (primary N) is 1. The van der Waals surface area contributed by atoms with E-state index in [1.165, 1.54) is 0 Å². The number of aromatic nitrogens is 2. The average Bonchev–Trinajstić information content (AvgIpc) is 2.14. The first-order chi connectivity index (χ1) is 6.84. The van der Waals surface area contributed by atoms with E-state index in [1.54, 1.807) is 0 Å². The van der Waals surface area contributed by atoms with Gasteiger partial charge in [-0.1, -0.05) is 0 Å². The van der Waals surface area contributed by atoms with E-state index in [9.17, 15) is 18.0 Å². The van der Waals surface area contributed by atoms with Crippen molar-refractivity contribution in [2.24, 2.45) is 0 Å². The van der Waals surface area contributed by atoms with Gasteiger partial charge in [0, 0.05) is 6.07 Å². The molecule has 1 heterocycles. The van der Waals surface area contributed by atoms with Gasteiger partial charge in [0.05, 0.1) is 7.11 Å². The summed E-state index contributed by atoms with van der Waals surface area (Å²) in [5, 5.41) is 0. The molecular formula is C7H6F3N3O2. The van der Waals surface area contributed by atoms with Gasteiger partial charge in [0.25, 0.3) is 0 Å². The number of esters is 1. The molecule has 0 aromatic carbocycles. The highest BCUT2D eigenvalue weighted by atomic mass is 19.4. The fourth-order valence-electron chi connectivity index (χ4n) is 0.794. The van der Waals surface area contributed by atoms with Crippen LogP contribution >= 0.6 is 0 Å². The van der Waals surface area contributed by atoms with Crippen LogP contribution in [0.25, 0.3) is 0 Å². The molecule has 0 aliphatic heterocycles. The number of methoxy groups -OCH3 is 1. The number of rotatable bonds is 1. The molecule has 0 saturated carbocycles. The van der Waals surface area contributed by atoms with Gasteiger partial charge in [-0.15, -0.1) is 0 Å². The molecule has 2 N–H and O–H groups in total. The van der Waals surface area contributed by atoms with Crippen molar-refractivity contribution < 1.29 is 22.7 Å². The SMILES string of the molecule is COC(=O)c1nc(N)cc(C(F)(F)F)n1. The molecule has 0 saturated heterocycles. The Labute approximate surface area is 82.1 Å². The third kappa shape index (κ3) is 2.55. The topological polar surface area (TPSA) is 78.1 Å². The number of nitrogens with zero attached hydrogens (tertiary/aromatic N) is 2. The second-order valence-corrected chi connectivity index (χ2v) is 2.49. The number of hydrogen-bond acceptors (Lipinski definition) is 5. The Morgan fingerprint density at radius 2 is 2.07 bits per heavy atom. The molecular weight excluding hydrogens is 215 g/mol. The molecule has 0 fully saturated rings.